The normalized spacial score (nSPS) is 20.2. The van der Waals surface area contributed by atoms with E-state index in [1.807, 2.05) is 30.9 Å². The summed E-state index contributed by atoms with van der Waals surface area (Å²) in [4.78, 5) is 42.3. The van der Waals surface area contributed by atoms with Crippen molar-refractivity contribution >= 4 is 11.9 Å². The van der Waals surface area contributed by atoms with Gasteiger partial charge in [-0.1, -0.05) is 0 Å². The fourth-order valence-electron chi connectivity index (χ4n) is 5.33. The van der Waals surface area contributed by atoms with Crippen LogP contribution in [-0.2, 0) is 16.6 Å². The first kappa shape index (κ1) is 20.2. The van der Waals surface area contributed by atoms with Crippen LogP contribution in [0.3, 0.4) is 0 Å². The molecule has 1 aliphatic carbocycles. The number of hydrogen-bond acceptors (Lipinski definition) is 6. The lowest BCUT2D eigenvalue weighted by atomic mass is 9.76. The molecule has 2 aliphatic heterocycles. The van der Waals surface area contributed by atoms with Gasteiger partial charge in [-0.3, -0.25) is 19.6 Å². The van der Waals surface area contributed by atoms with Crippen molar-refractivity contribution in [3.63, 3.8) is 0 Å². The predicted octanol–water partition coefficient (Wildman–Crippen LogP) is 1.74. The summed E-state index contributed by atoms with van der Waals surface area (Å²) in [5, 5.41) is 0. The fourth-order valence-corrected chi connectivity index (χ4v) is 5.33. The number of carbonyl (C=O) groups excluding carboxylic acids is 1. The Labute approximate surface area is 181 Å². The number of likely N-dealkylation sites (tertiary alicyclic amines) is 1. The first-order chi connectivity index (χ1) is 14.9. The van der Waals surface area contributed by atoms with Crippen molar-refractivity contribution in [3.8, 4) is 0 Å². The summed E-state index contributed by atoms with van der Waals surface area (Å²) < 4.78 is 5.44. The van der Waals surface area contributed by atoms with E-state index in [1.165, 1.54) is 0 Å². The van der Waals surface area contributed by atoms with Gasteiger partial charge < -0.3 is 14.5 Å². The molecule has 0 saturated carbocycles. The average Bonchev–Trinajstić information content (AvgIpc) is 3.12. The van der Waals surface area contributed by atoms with E-state index in [0.717, 1.165) is 61.4 Å². The van der Waals surface area contributed by atoms with Crippen molar-refractivity contribution in [2.24, 2.45) is 0 Å². The maximum absolute atomic E-state index is 13.1. The number of pyridine rings is 1. The Morgan fingerprint density at radius 3 is 2.39 bits per heavy atom. The van der Waals surface area contributed by atoms with Gasteiger partial charge in [-0.2, -0.15) is 0 Å². The first-order valence-electron chi connectivity index (χ1n) is 11.2. The minimum atomic E-state index is -0.106. The van der Waals surface area contributed by atoms with Gasteiger partial charge in [0.05, 0.1) is 18.9 Å². The molecule has 31 heavy (non-hydrogen) atoms. The number of morpholine rings is 1. The molecule has 1 N–H and O–H groups in total. The van der Waals surface area contributed by atoms with Crippen LogP contribution in [0.1, 0.15) is 52.3 Å². The molecule has 0 radical (unpaired) electrons. The molecule has 4 heterocycles. The standard InChI is InChI=1S/C23H29N5O3/c1-15-13-17(14-16(2)24-15)21(30)27-7-5-23(6-8-27)4-3-18-19(23)25-22(26-20(18)29)28-9-11-31-12-10-28/h13-14H,3-12H2,1-2H3,(H,25,26,29). The van der Waals surface area contributed by atoms with E-state index in [2.05, 4.69) is 14.9 Å². The van der Waals surface area contributed by atoms with E-state index in [0.29, 0.717) is 37.8 Å². The maximum Gasteiger partial charge on any atom is 0.255 e. The van der Waals surface area contributed by atoms with Crippen LogP contribution < -0.4 is 10.5 Å². The van der Waals surface area contributed by atoms with E-state index in [-0.39, 0.29) is 16.9 Å². The zero-order valence-electron chi connectivity index (χ0n) is 18.2. The molecule has 2 aromatic heterocycles. The zero-order chi connectivity index (χ0) is 21.6. The molecule has 2 fully saturated rings. The molecule has 5 rings (SSSR count). The van der Waals surface area contributed by atoms with Crippen LogP contribution in [0, 0.1) is 13.8 Å². The van der Waals surface area contributed by atoms with Crippen LogP contribution >= 0.6 is 0 Å². The smallest absolute Gasteiger partial charge is 0.255 e. The highest BCUT2D eigenvalue weighted by molar-refractivity contribution is 5.94. The van der Waals surface area contributed by atoms with Crippen LogP contribution in [0.15, 0.2) is 16.9 Å². The average molecular weight is 424 g/mol. The Kier molecular flexibility index (Phi) is 5.04. The number of ether oxygens (including phenoxy) is 1. The number of piperidine rings is 1. The first-order valence-corrected chi connectivity index (χ1v) is 11.2. The van der Waals surface area contributed by atoms with Crippen LogP contribution in [0.25, 0.3) is 0 Å². The maximum atomic E-state index is 13.1. The molecule has 8 heteroatoms. The molecule has 0 atom stereocenters. The number of aryl methyl sites for hydroxylation is 2. The topological polar surface area (TPSA) is 91.4 Å². The molecule has 1 amide bonds. The third kappa shape index (κ3) is 3.63. The summed E-state index contributed by atoms with van der Waals surface area (Å²) in [5.74, 6) is 0.726. The largest absolute Gasteiger partial charge is 0.378 e. The number of nitrogens with one attached hydrogen (secondary N) is 1. The second-order valence-electron chi connectivity index (χ2n) is 9.03. The van der Waals surface area contributed by atoms with Crippen LogP contribution in [0.4, 0.5) is 5.95 Å². The lowest BCUT2D eigenvalue weighted by Crippen LogP contribution is -2.45. The SMILES string of the molecule is Cc1cc(C(=O)N2CCC3(CCc4c3nc(N3CCOCC3)[nH]c4=O)CC2)cc(C)n1. The van der Waals surface area contributed by atoms with E-state index >= 15 is 0 Å². The van der Waals surface area contributed by atoms with Gasteiger partial charge in [0.1, 0.15) is 0 Å². The Morgan fingerprint density at radius 1 is 1.03 bits per heavy atom. The number of carbonyl (C=O) groups is 1. The number of amides is 1. The summed E-state index contributed by atoms with van der Waals surface area (Å²) in [6.07, 6.45) is 3.37. The molecule has 0 aromatic carbocycles. The second kappa shape index (κ2) is 7.75. The minimum Gasteiger partial charge on any atom is -0.378 e. The lowest BCUT2D eigenvalue weighted by Gasteiger charge is -2.39. The number of rotatable bonds is 2. The molecule has 2 saturated heterocycles. The van der Waals surface area contributed by atoms with E-state index in [4.69, 9.17) is 9.72 Å². The van der Waals surface area contributed by atoms with Crippen LogP contribution in [-0.4, -0.2) is 65.2 Å². The minimum absolute atomic E-state index is 0.00962. The molecular weight excluding hydrogens is 394 g/mol. The number of aromatic nitrogens is 3. The van der Waals surface area contributed by atoms with Crippen molar-refractivity contribution in [2.75, 3.05) is 44.3 Å². The van der Waals surface area contributed by atoms with Gasteiger partial charge in [-0.05, 0) is 51.7 Å². The molecule has 2 aromatic rings. The van der Waals surface area contributed by atoms with E-state index in [1.54, 1.807) is 0 Å². The monoisotopic (exact) mass is 423 g/mol. The van der Waals surface area contributed by atoms with Crippen molar-refractivity contribution in [1.82, 2.24) is 19.9 Å². The molecule has 0 unspecified atom stereocenters. The summed E-state index contributed by atoms with van der Waals surface area (Å²) >= 11 is 0. The number of H-pyrrole nitrogens is 1. The number of fused-ring (bicyclic) bond motifs is 2. The van der Waals surface area contributed by atoms with E-state index < -0.39 is 0 Å². The van der Waals surface area contributed by atoms with Gasteiger partial charge in [0.15, 0.2) is 0 Å². The summed E-state index contributed by atoms with van der Waals surface area (Å²) in [5.41, 5.74) is 4.10. The molecule has 0 bridgehead atoms. The number of hydrogen-bond donors (Lipinski definition) is 1. The van der Waals surface area contributed by atoms with Gasteiger partial charge >= 0.3 is 0 Å². The molecule has 8 nitrogen and oxygen atoms in total. The molecular formula is C23H29N5O3. The lowest BCUT2D eigenvalue weighted by molar-refractivity contribution is 0.0663. The summed E-state index contributed by atoms with van der Waals surface area (Å²) in [7, 11) is 0. The van der Waals surface area contributed by atoms with Gasteiger partial charge in [-0.25, -0.2) is 4.98 Å². The van der Waals surface area contributed by atoms with Gasteiger partial charge in [0.2, 0.25) is 5.95 Å². The third-order valence-corrected chi connectivity index (χ3v) is 7.01. The molecule has 164 valence electrons. The summed E-state index contributed by atoms with van der Waals surface area (Å²) in [6.45, 7) is 7.97. The zero-order valence-corrected chi connectivity index (χ0v) is 18.2. The van der Waals surface area contributed by atoms with Crippen molar-refractivity contribution in [3.05, 3.63) is 50.7 Å². The highest BCUT2D eigenvalue weighted by Gasteiger charge is 2.45. The van der Waals surface area contributed by atoms with Gasteiger partial charge in [0, 0.05) is 54.1 Å². The fraction of sp³-hybridized carbons (Fsp3) is 0.565. The Morgan fingerprint density at radius 2 is 1.71 bits per heavy atom. The Balaban J connectivity index is 1.37. The van der Waals surface area contributed by atoms with Gasteiger partial charge in [0.25, 0.3) is 11.5 Å². The van der Waals surface area contributed by atoms with Crippen molar-refractivity contribution in [1.29, 1.82) is 0 Å². The second-order valence-corrected chi connectivity index (χ2v) is 9.03. The predicted molar refractivity (Wildman–Crippen MR) is 117 cm³/mol. The Hall–Kier alpha value is -2.74. The third-order valence-electron chi connectivity index (χ3n) is 7.01. The molecule has 3 aliphatic rings. The van der Waals surface area contributed by atoms with Crippen molar-refractivity contribution < 1.29 is 9.53 Å². The Bertz CT molecular complexity index is 1050. The van der Waals surface area contributed by atoms with Gasteiger partial charge in [-0.15, -0.1) is 0 Å². The van der Waals surface area contributed by atoms with Crippen LogP contribution in [0.5, 0.6) is 0 Å². The number of nitrogens with zero attached hydrogens (tertiary/aromatic N) is 4. The van der Waals surface area contributed by atoms with Crippen molar-refractivity contribution in [2.45, 2.75) is 44.9 Å². The number of anilines is 1. The quantitative estimate of drug-likeness (QED) is 0.791. The van der Waals surface area contributed by atoms with E-state index in [9.17, 15) is 9.59 Å². The number of aromatic amines is 1. The van der Waals surface area contributed by atoms with Crippen LogP contribution in [0.2, 0.25) is 0 Å². The highest BCUT2D eigenvalue weighted by Crippen LogP contribution is 2.44. The molecule has 1 spiro atoms. The highest BCUT2D eigenvalue weighted by atomic mass is 16.5. The summed E-state index contributed by atoms with van der Waals surface area (Å²) in [6, 6.07) is 3.72.